The number of carbonyl (C=O) groups excluding carboxylic acids is 1. The van der Waals surface area contributed by atoms with Crippen molar-refractivity contribution >= 4 is 5.78 Å². The van der Waals surface area contributed by atoms with Gasteiger partial charge in [0.2, 0.25) is 0 Å². The summed E-state index contributed by atoms with van der Waals surface area (Å²) in [5, 5.41) is 0. The monoisotopic (exact) mass is 200 g/mol. The molecule has 0 aromatic rings. The third kappa shape index (κ3) is 5.38. The molecule has 0 saturated heterocycles. The highest BCUT2D eigenvalue weighted by molar-refractivity contribution is 5.86. The van der Waals surface area contributed by atoms with Crippen molar-refractivity contribution < 1.29 is 9.53 Å². The van der Waals surface area contributed by atoms with Gasteiger partial charge in [-0.05, 0) is 27.2 Å². The van der Waals surface area contributed by atoms with Crippen LogP contribution in [0.5, 0.6) is 0 Å². The largest absolute Gasteiger partial charge is 0.368 e. The second-order valence-corrected chi connectivity index (χ2v) is 4.18. The Hall–Kier alpha value is -0.370. The summed E-state index contributed by atoms with van der Waals surface area (Å²) < 4.78 is 5.40. The molecule has 0 spiro atoms. The summed E-state index contributed by atoms with van der Waals surface area (Å²) in [6.45, 7) is 8.42. The molecule has 84 valence electrons. The molecule has 2 nitrogen and oxygen atoms in total. The van der Waals surface area contributed by atoms with Crippen LogP contribution in [0.2, 0.25) is 0 Å². The molecule has 0 bridgehead atoms. The maximum Gasteiger partial charge on any atom is 0.164 e. The summed E-state index contributed by atoms with van der Waals surface area (Å²) in [6.07, 6.45) is 5.26. The SMILES string of the molecule is CCCCCCC(=O)C(C)(C)OCC. The van der Waals surface area contributed by atoms with Crippen LogP contribution in [0.4, 0.5) is 0 Å². The van der Waals surface area contributed by atoms with Crippen molar-refractivity contribution in [3.63, 3.8) is 0 Å². The van der Waals surface area contributed by atoms with E-state index < -0.39 is 5.60 Å². The molecule has 0 fully saturated rings. The van der Waals surface area contributed by atoms with Crippen LogP contribution < -0.4 is 0 Å². The van der Waals surface area contributed by atoms with E-state index in [4.69, 9.17) is 4.74 Å². The molecule has 2 heteroatoms. The lowest BCUT2D eigenvalue weighted by molar-refractivity contribution is -0.139. The summed E-state index contributed by atoms with van der Waals surface area (Å²) in [4.78, 5) is 11.7. The van der Waals surface area contributed by atoms with Gasteiger partial charge < -0.3 is 4.74 Å². The molecule has 0 radical (unpaired) electrons. The molecular weight excluding hydrogens is 176 g/mol. The molecule has 0 heterocycles. The minimum Gasteiger partial charge on any atom is -0.368 e. The molecule has 14 heavy (non-hydrogen) atoms. The Morgan fingerprint density at radius 2 is 1.79 bits per heavy atom. The minimum absolute atomic E-state index is 0.232. The van der Waals surface area contributed by atoms with Gasteiger partial charge in [-0.1, -0.05) is 26.2 Å². The van der Waals surface area contributed by atoms with Crippen LogP contribution >= 0.6 is 0 Å². The van der Waals surface area contributed by atoms with E-state index in [1.165, 1.54) is 12.8 Å². The molecule has 0 aliphatic carbocycles. The summed E-state index contributed by atoms with van der Waals surface area (Å²) in [5.74, 6) is 0.232. The van der Waals surface area contributed by atoms with Gasteiger partial charge in [0.1, 0.15) is 5.60 Å². The number of unbranched alkanes of at least 4 members (excludes halogenated alkanes) is 3. The van der Waals surface area contributed by atoms with E-state index in [-0.39, 0.29) is 5.78 Å². The van der Waals surface area contributed by atoms with E-state index in [0.717, 1.165) is 12.8 Å². The Balaban J connectivity index is 3.71. The average molecular weight is 200 g/mol. The van der Waals surface area contributed by atoms with Crippen molar-refractivity contribution in [1.82, 2.24) is 0 Å². The van der Waals surface area contributed by atoms with Crippen LogP contribution in [0.25, 0.3) is 0 Å². The Morgan fingerprint density at radius 3 is 2.29 bits per heavy atom. The number of hydrogen-bond donors (Lipinski definition) is 0. The third-order valence-corrected chi connectivity index (χ3v) is 2.43. The summed E-state index contributed by atoms with van der Waals surface area (Å²) in [5.41, 5.74) is -0.582. The number of rotatable bonds is 8. The summed E-state index contributed by atoms with van der Waals surface area (Å²) in [7, 11) is 0. The smallest absolute Gasteiger partial charge is 0.164 e. The first-order valence-electron chi connectivity index (χ1n) is 5.71. The first-order chi connectivity index (χ1) is 6.54. The average Bonchev–Trinajstić information content (AvgIpc) is 2.12. The van der Waals surface area contributed by atoms with Gasteiger partial charge in [-0.15, -0.1) is 0 Å². The highest BCUT2D eigenvalue weighted by Crippen LogP contribution is 2.15. The number of ketones is 1. The molecular formula is C12H24O2. The van der Waals surface area contributed by atoms with Crippen LogP contribution in [-0.2, 0) is 9.53 Å². The van der Waals surface area contributed by atoms with Gasteiger partial charge in [0, 0.05) is 13.0 Å². The lowest BCUT2D eigenvalue weighted by Crippen LogP contribution is -2.34. The van der Waals surface area contributed by atoms with Crippen LogP contribution in [0.15, 0.2) is 0 Å². The van der Waals surface area contributed by atoms with E-state index in [0.29, 0.717) is 13.0 Å². The molecule has 0 atom stereocenters. The molecule has 0 unspecified atom stereocenters. The Bertz CT molecular complexity index is 162. The zero-order valence-electron chi connectivity index (χ0n) is 10.1. The van der Waals surface area contributed by atoms with E-state index in [9.17, 15) is 4.79 Å². The van der Waals surface area contributed by atoms with Gasteiger partial charge in [0.15, 0.2) is 5.78 Å². The zero-order chi connectivity index (χ0) is 11.0. The van der Waals surface area contributed by atoms with Gasteiger partial charge in [0.05, 0.1) is 0 Å². The highest BCUT2D eigenvalue weighted by Gasteiger charge is 2.26. The maximum atomic E-state index is 11.7. The predicted octanol–water partition coefficient (Wildman–Crippen LogP) is 3.34. The zero-order valence-corrected chi connectivity index (χ0v) is 10.1. The Kier molecular flexibility index (Phi) is 6.81. The van der Waals surface area contributed by atoms with Crippen LogP contribution in [-0.4, -0.2) is 18.0 Å². The van der Waals surface area contributed by atoms with Crippen molar-refractivity contribution in [2.24, 2.45) is 0 Å². The molecule has 0 aromatic carbocycles. The van der Waals surface area contributed by atoms with E-state index in [1.54, 1.807) is 0 Å². The molecule has 0 saturated carbocycles. The molecule has 0 rings (SSSR count). The van der Waals surface area contributed by atoms with Crippen LogP contribution in [0.1, 0.15) is 59.8 Å². The number of Topliss-reactive ketones (excluding diaryl/α,β-unsaturated/α-hetero) is 1. The topological polar surface area (TPSA) is 26.3 Å². The Morgan fingerprint density at radius 1 is 1.14 bits per heavy atom. The summed E-state index contributed by atoms with van der Waals surface area (Å²) in [6, 6.07) is 0. The van der Waals surface area contributed by atoms with E-state index in [2.05, 4.69) is 6.92 Å². The predicted molar refractivity (Wildman–Crippen MR) is 59.5 cm³/mol. The van der Waals surface area contributed by atoms with Crippen LogP contribution in [0.3, 0.4) is 0 Å². The van der Waals surface area contributed by atoms with E-state index >= 15 is 0 Å². The van der Waals surface area contributed by atoms with Gasteiger partial charge >= 0.3 is 0 Å². The summed E-state index contributed by atoms with van der Waals surface area (Å²) >= 11 is 0. The van der Waals surface area contributed by atoms with Gasteiger partial charge in [-0.3, -0.25) is 4.79 Å². The third-order valence-electron chi connectivity index (χ3n) is 2.43. The van der Waals surface area contributed by atoms with Crippen LogP contribution in [0, 0.1) is 0 Å². The lowest BCUT2D eigenvalue weighted by Gasteiger charge is -2.22. The second-order valence-electron chi connectivity index (χ2n) is 4.18. The normalized spacial score (nSPS) is 11.7. The van der Waals surface area contributed by atoms with Crippen molar-refractivity contribution in [2.45, 2.75) is 65.4 Å². The van der Waals surface area contributed by atoms with Gasteiger partial charge in [0.25, 0.3) is 0 Å². The van der Waals surface area contributed by atoms with Gasteiger partial charge in [-0.2, -0.15) is 0 Å². The molecule has 0 N–H and O–H groups in total. The standard InChI is InChI=1S/C12H24O2/c1-5-7-8-9-10-11(13)12(3,4)14-6-2/h5-10H2,1-4H3. The fraction of sp³-hybridized carbons (Fsp3) is 0.917. The highest BCUT2D eigenvalue weighted by atomic mass is 16.5. The maximum absolute atomic E-state index is 11.7. The van der Waals surface area contributed by atoms with Crippen molar-refractivity contribution in [3.8, 4) is 0 Å². The first-order valence-corrected chi connectivity index (χ1v) is 5.71. The van der Waals surface area contributed by atoms with Crippen molar-refractivity contribution in [1.29, 1.82) is 0 Å². The minimum atomic E-state index is -0.582. The van der Waals surface area contributed by atoms with Gasteiger partial charge in [-0.25, -0.2) is 0 Å². The fourth-order valence-corrected chi connectivity index (χ4v) is 1.45. The first kappa shape index (κ1) is 13.6. The van der Waals surface area contributed by atoms with E-state index in [1.807, 2.05) is 20.8 Å². The Labute approximate surface area is 88.0 Å². The number of carbonyl (C=O) groups is 1. The molecule has 0 aliphatic rings. The second kappa shape index (κ2) is 6.99. The molecule has 0 aliphatic heterocycles. The molecule has 0 amide bonds. The lowest BCUT2D eigenvalue weighted by atomic mass is 9.98. The fourth-order valence-electron chi connectivity index (χ4n) is 1.45. The van der Waals surface area contributed by atoms with Crippen molar-refractivity contribution in [3.05, 3.63) is 0 Å². The quantitative estimate of drug-likeness (QED) is 0.562. The van der Waals surface area contributed by atoms with Crippen molar-refractivity contribution in [2.75, 3.05) is 6.61 Å². The number of ether oxygens (including phenoxy) is 1. The number of hydrogen-bond acceptors (Lipinski definition) is 2. The molecule has 0 aromatic heterocycles.